The fourth-order valence-electron chi connectivity index (χ4n) is 4.07. The Bertz CT molecular complexity index is 1440. The van der Waals surface area contributed by atoms with E-state index in [9.17, 15) is 9.59 Å². The van der Waals surface area contributed by atoms with Crippen molar-refractivity contribution in [1.82, 2.24) is 10.6 Å². The summed E-state index contributed by atoms with van der Waals surface area (Å²) in [6.45, 7) is 1.68. The van der Waals surface area contributed by atoms with Crippen LogP contribution in [-0.4, -0.2) is 62.9 Å². The minimum Gasteiger partial charge on any atom is -0.350 e. The first kappa shape index (κ1) is 34.2. The number of carbonyl (C=O) groups excluding carboxylic acids is 2. The molecule has 2 aromatic heterocycles. The van der Waals surface area contributed by atoms with E-state index < -0.39 is 0 Å². The zero-order valence-corrected chi connectivity index (χ0v) is 27.7. The van der Waals surface area contributed by atoms with E-state index in [0.717, 1.165) is 34.0 Å². The maximum atomic E-state index is 12.3. The molecule has 0 aliphatic carbocycles. The van der Waals surface area contributed by atoms with Crippen molar-refractivity contribution in [1.29, 1.82) is 0 Å². The average Bonchev–Trinajstić information content (AvgIpc) is 3.09. The van der Waals surface area contributed by atoms with E-state index in [1.165, 1.54) is 0 Å². The summed E-state index contributed by atoms with van der Waals surface area (Å²) in [6.07, 6.45) is 11.1. The van der Waals surface area contributed by atoms with E-state index in [2.05, 4.69) is 20.8 Å². The molecule has 2 aromatic carbocycles. The first-order valence-corrected chi connectivity index (χ1v) is 17.4. The summed E-state index contributed by atoms with van der Waals surface area (Å²) in [7, 11) is 7.16. The Morgan fingerprint density at radius 3 is 1.37 bits per heavy atom. The van der Waals surface area contributed by atoms with Crippen LogP contribution in [0.25, 0.3) is 0 Å². The predicted molar refractivity (Wildman–Crippen MR) is 189 cm³/mol. The molecule has 0 fully saturated rings. The van der Waals surface area contributed by atoms with Crippen LogP contribution in [0.3, 0.4) is 0 Å². The number of aromatic nitrogens is 2. The van der Waals surface area contributed by atoms with Crippen molar-refractivity contribution < 1.29 is 18.7 Å². The second-order valence-electron chi connectivity index (χ2n) is 10.2. The van der Waals surface area contributed by atoms with E-state index in [4.69, 9.17) is 0 Å². The van der Waals surface area contributed by atoms with Gasteiger partial charge in [-0.2, -0.15) is 19.3 Å². The number of benzene rings is 2. The molecule has 2 N–H and O–H groups in total. The lowest BCUT2D eigenvalue weighted by molar-refractivity contribution is -0.684. The molecule has 0 atom stereocenters. The third kappa shape index (κ3) is 12.4. The van der Waals surface area contributed by atoms with Crippen LogP contribution >= 0.6 is 21.6 Å². The molecule has 46 heavy (non-hydrogen) atoms. The van der Waals surface area contributed by atoms with Crippen molar-refractivity contribution in [3.05, 3.63) is 121 Å². The van der Waals surface area contributed by atoms with Crippen molar-refractivity contribution in [2.24, 2.45) is 10.2 Å². The predicted octanol–water partition coefficient (Wildman–Crippen LogP) is 3.52. The van der Waals surface area contributed by atoms with Gasteiger partial charge in [0.2, 0.25) is 13.1 Å². The van der Waals surface area contributed by atoms with Crippen LogP contribution in [0.1, 0.15) is 11.1 Å². The molecule has 0 aliphatic heterocycles. The van der Waals surface area contributed by atoms with Crippen LogP contribution in [0.15, 0.2) is 120 Å². The van der Waals surface area contributed by atoms with E-state index in [-0.39, 0.29) is 24.9 Å². The highest BCUT2D eigenvalue weighted by Crippen LogP contribution is 2.19. The van der Waals surface area contributed by atoms with Gasteiger partial charge in [0.25, 0.3) is 11.8 Å². The van der Waals surface area contributed by atoms with Gasteiger partial charge in [-0.05, 0) is 24.3 Å². The summed E-state index contributed by atoms with van der Waals surface area (Å²) in [5.41, 5.74) is 3.91. The Morgan fingerprint density at radius 1 is 0.630 bits per heavy atom. The molecule has 2 heterocycles. The summed E-state index contributed by atoms with van der Waals surface area (Å²) < 4.78 is 3.68. The van der Waals surface area contributed by atoms with Crippen molar-refractivity contribution in [2.45, 2.75) is 13.1 Å². The normalized spacial score (nSPS) is 11.1. The number of anilines is 2. The van der Waals surface area contributed by atoms with E-state index in [1.54, 1.807) is 34.0 Å². The van der Waals surface area contributed by atoms with Crippen molar-refractivity contribution >= 4 is 57.2 Å². The third-order valence-corrected chi connectivity index (χ3v) is 9.01. The number of rotatable bonds is 17. The summed E-state index contributed by atoms with van der Waals surface area (Å²) in [5, 5.41) is 18.5. The van der Waals surface area contributed by atoms with Crippen molar-refractivity contribution in [2.75, 3.05) is 48.7 Å². The Balaban J connectivity index is 1.02. The third-order valence-electron chi connectivity index (χ3n) is 6.60. The van der Waals surface area contributed by atoms with Gasteiger partial charge in [-0.1, -0.05) is 58.0 Å². The van der Waals surface area contributed by atoms with Crippen LogP contribution in [0, 0.1) is 0 Å². The van der Waals surface area contributed by atoms with Crippen LogP contribution in [0.4, 0.5) is 11.4 Å². The van der Waals surface area contributed by atoms with Crippen LogP contribution < -0.4 is 29.8 Å². The Hall–Kier alpha value is -4.68. The molecular formula is C34H40N8O2S2+2. The number of para-hydroxylation sites is 2. The van der Waals surface area contributed by atoms with Gasteiger partial charge in [0.05, 0.1) is 23.8 Å². The molecule has 4 rings (SSSR count). The quantitative estimate of drug-likeness (QED) is 0.0594. The molecule has 0 unspecified atom stereocenters. The molecule has 2 amide bonds. The van der Waals surface area contributed by atoms with Crippen LogP contribution in [-0.2, 0) is 22.7 Å². The van der Waals surface area contributed by atoms with Gasteiger partial charge >= 0.3 is 0 Å². The highest BCUT2D eigenvalue weighted by molar-refractivity contribution is 8.76. The van der Waals surface area contributed by atoms with E-state index in [1.807, 2.05) is 143 Å². The second-order valence-corrected chi connectivity index (χ2v) is 12.9. The summed E-state index contributed by atoms with van der Waals surface area (Å²) in [4.78, 5) is 24.6. The fourth-order valence-corrected chi connectivity index (χ4v) is 5.89. The van der Waals surface area contributed by atoms with E-state index >= 15 is 0 Å². The van der Waals surface area contributed by atoms with Crippen molar-refractivity contribution in [3.8, 4) is 0 Å². The number of hydrazone groups is 2. The van der Waals surface area contributed by atoms with Gasteiger partial charge in [-0.3, -0.25) is 19.6 Å². The van der Waals surface area contributed by atoms with Gasteiger partial charge in [0.15, 0.2) is 24.8 Å². The number of amides is 2. The number of hydrogen-bond acceptors (Lipinski definition) is 8. The summed E-state index contributed by atoms with van der Waals surface area (Å²) in [5.74, 6) is 1.49. The second kappa shape index (κ2) is 19.0. The standard InChI is InChI=1S/C34H38N8O2S2/c1-39(31-9-5-3-6-10-31)37-25-29-13-19-41(20-14-29)27-33(43)35-17-23-45-46-24-18-36-34(44)28-42-21-15-30(16-22-42)26-38-40(2)32-11-7-4-8-12-32/h3-16,19-22,25-26H,17-18,23-24,27-28H2,1-2H3/p+2. The Labute approximate surface area is 278 Å². The number of pyridine rings is 2. The molecule has 0 spiro atoms. The fraction of sp³-hybridized carbons (Fsp3) is 0.235. The molecular weight excluding hydrogens is 617 g/mol. The molecule has 10 nitrogen and oxygen atoms in total. The summed E-state index contributed by atoms with van der Waals surface area (Å²) >= 11 is 0. The first-order valence-electron chi connectivity index (χ1n) is 14.9. The minimum absolute atomic E-state index is 0.0366. The lowest BCUT2D eigenvalue weighted by Gasteiger charge is -2.11. The molecule has 0 saturated heterocycles. The Kier molecular flexibility index (Phi) is 14.1. The zero-order valence-electron chi connectivity index (χ0n) is 26.1. The number of carbonyl (C=O) groups is 2. The minimum atomic E-state index is -0.0366. The maximum Gasteiger partial charge on any atom is 0.286 e. The van der Waals surface area contributed by atoms with Gasteiger partial charge in [-0.15, -0.1) is 0 Å². The molecule has 0 aliphatic rings. The average molecular weight is 657 g/mol. The Morgan fingerprint density at radius 2 is 1.00 bits per heavy atom. The lowest BCUT2D eigenvalue weighted by atomic mass is 10.3. The maximum absolute atomic E-state index is 12.3. The SMILES string of the molecule is CN(/N=C/c1cc[n+](CC(=O)NCCSSCCNC(=O)C[n+]2ccc(/C=N/N(C)c3ccccc3)cc2)cc1)c1ccccc1. The van der Waals surface area contributed by atoms with Crippen LogP contribution in [0.2, 0.25) is 0 Å². The molecule has 0 saturated carbocycles. The lowest BCUT2D eigenvalue weighted by Crippen LogP contribution is -2.43. The van der Waals surface area contributed by atoms with Crippen molar-refractivity contribution in [3.63, 3.8) is 0 Å². The monoisotopic (exact) mass is 656 g/mol. The smallest absolute Gasteiger partial charge is 0.286 e. The largest absolute Gasteiger partial charge is 0.350 e. The highest BCUT2D eigenvalue weighted by Gasteiger charge is 2.10. The zero-order chi connectivity index (χ0) is 32.4. The van der Waals surface area contributed by atoms with Gasteiger partial charge < -0.3 is 10.6 Å². The van der Waals surface area contributed by atoms with Gasteiger partial charge in [-0.25, -0.2) is 0 Å². The number of nitrogens with one attached hydrogen (secondary N) is 2. The number of nitrogens with zero attached hydrogens (tertiary/aromatic N) is 6. The first-order chi connectivity index (χ1) is 22.5. The highest BCUT2D eigenvalue weighted by atomic mass is 33.1. The topological polar surface area (TPSA) is 97.2 Å². The van der Waals surface area contributed by atoms with E-state index in [0.29, 0.717) is 13.1 Å². The van der Waals surface area contributed by atoms with Gasteiger partial charge in [0.1, 0.15) is 0 Å². The summed E-state index contributed by atoms with van der Waals surface area (Å²) in [6, 6.07) is 27.6. The molecule has 238 valence electrons. The number of hydrogen-bond donors (Lipinski definition) is 2. The molecule has 4 aromatic rings. The molecule has 12 heteroatoms. The molecule has 0 radical (unpaired) electrons. The van der Waals surface area contributed by atoms with Crippen LogP contribution in [0.5, 0.6) is 0 Å². The van der Waals surface area contributed by atoms with Gasteiger partial charge in [0, 0.05) is 74.1 Å². The molecule has 0 bridgehead atoms.